The summed E-state index contributed by atoms with van der Waals surface area (Å²) < 4.78 is 11.2. The van der Waals surface area contributed by atoms with Gasteiger partial charge in [0.25, 0.3) is 5.69 Å². The van der Waals surface area contributed by atoms with E-state index in [4.69, 9.17) is 9.47 Å². The van der Waals surface area contributed by atoms with Crippen molar-refractivity contribution in [2.24, 2.45) is 0 Å². The van der Waals surface area contributed by atoms with Gasteiger partial charge in [-0.25, -0.2) is 9.88 Å². The fourth-order valence-electron chi connectivity index (χ4n) is 3.09. The van der Waals surface area contributed by atoms with Crippen molar-refractivity contribution in [3.8, 4) is 11.5 Å². The van der Waals surface area contributed by atoms with E-state index in [1.165, 1.54) is 48.4 Å². The molecule has 0 aliphatic carbocycles. The molecule has 30 heavy (non-hydrogen) atoms. The van der Waals surface area contributed by atoms with Crippen LogP contribution in [0.15, 0.2) is 36.4 Å². The van der Waals surface area contributed by atoms with Gasteiger partial charge in [0.05, 0.1) is 28.7 Å². The molecule has 4 rings (SSSR count). The maximum atomic E-state index is 12.9. The Hall–Kier alpha value is -3.73. The van der Waals surface area contributed by atoms with Gasteiger partial charge in [-0.2, -0.15) is 0 Å². The first-order chi connectivity index (χ1) is 14.4. The normalized spacial score (nSPS) is 17.0. The first-order valence-electron chi connectivity index (χ1n) is 8.81. The summed E-state index contributed by atoms with van der Waals surface area (Å²) >= 11 is 1.08. The van der Waals surface area contributed by atoms with Crippen molar-refractivity contribution < 1.29 is 29.1 Å². The van der Waals surface area contributed by atoms with E-state index in [1.54, 1.807) is 0 Å². The predicted octanol–water partition coefficient (Wildman–Crippen LogP) is 3.29. The standard InChI is InChI=1S/C19H15N3O7S/c1-28-14-8-10(2-5-13(14)23)18-21(16(24)6-7-17(25)29-18)19-20-12-4-3-11(22(26)27)9-15(12)30-19/h2-5,8-9,18,23H,6-7H2,1H3. The average Bonchev–Trinajstić information content (AvgIpc) is 3.08. The number of nitro groups is 1. The number of nitro benzene ring substituents is 1. The second-order valence-corrected chi connectivity index (χ2v) is 7.45. The van der Waals surface area contributed by atoms with Crippen molar-refractivity contribution in [1.82, 2.24) is 4.98 Å². The van der Waals surface area contributed by atoms with Crippen molar-refractivity contribution in [2.45, 2.75) is 19.1 Å². The van der Waals surface area contributed by atoms with Gasteiger partial charge in [-0.1, -0.05) is 11.3 Å². The number of thiazole rings is 1. The number of phenols is 1. The number of cyclic esters (lactones) is 1. The summed E-state index contributed by atoms with van der Waals surface area (Å²) in [6, 6.07) is 8.57. The van der Waals surface area contributed by atoms with E-state index in [1.807, 2.05) is 0 Å². The quantitative estimate of drug-likeness (QED) is 0.380. The molecule has 2 heterocycles. The van der Waals surface area contributed by atoms with Crippen LogP contribution in [0.5, 0.6) is 11.5 Å². The lowest BCUT2D eigenvalue weighted by Gasteiger charge is -2.27. The van der Waals surface area contributed by atoms with E-state index in [0.29, 0.717) is 15.8 Å². The minimum Gasteiger partial charge on any atom is -0.504 e. The highest BCUT2D eigenvalue weighted by Crippen LogP contribution is 2.39. The molecule has 0 radical (unpaired) electrons. The van der Waals surface area contributed by atoms with E-state index >= 15 is 0 Å². The first-order valence-corrected chi connectivity index (χ1v) is 9.62. The number of aromatic hydroxyl groups is 1. The molecule has 1 atom stereocenters. The average molecular weight is 429 g/mol. The Kier molecular flexibility index (Phi) is 4.96. The minimum atomic E-state index is -1.13. The number of non-ortho nitro benzene ring substituents is 1. The van der Waals surface area contributed by atoms with Gasteiger partial charge in [0.15, 0.2) is 16.6 Å². The molecule has 1 amide bonds. The smallest absolute Gasteiger partial charge is 0.308 e. The third-order valence-corrected chi connectivity index (χ3v) is 5.57. The number of esters is 1. The van der Waals surface area contributed by atoms with Gasteiger partial charge in [0.1, 0.15) is 0 Å². The number of hydrogen-bond acceptors (Lipinski definition) is 9. The van der Waals surface area contributed by atoms with Crippen LogP contribution in [0.3, 0.4) is 0 Å². The molecule has 1 aromatic heterocycles. The third kappa shape index (κ3) is 3.50. The van der Waals surface area contributed by atoms with Crippen molar-refractivity contribution in [3.63, 3.8) is 0 Å². The highest BCUT2D eigenvalue weighted by Gasteiger charge is 2.36. The SMILES string of the molecule is COc1cc(C2OC(=O)CCC(=O)N2c2nc3ccc([N+](=O)[O-])cc3s2)ccc1O. The van der Waals surface area contributed by atoms with Gasteiger partial charge in [-0.05, 0) is 24.3 Å². The number of benzene rings is 2. The fraction of sp³-hybridized carbons (Fsp3) is 0.211. The summed E-state index contributed by atoms with van der Waals surface area (Å²) in [5.41, 5.74) is 0.788. The van der Waals surface area contributed by atoms with Crippen LogP contribution in [0, 0.1) is 10.1 Å². The second-order valence-electron chi connectivity index (χ2n) is 6.44. The summed E-state index contributed by atoms with van der Waals surface area (Å²) in [7, 11) is 1.38. The summed E-state index contributed by atoms with van der Waals surface area (Å²) in [6.07, 6.45) is -1.28. The molecule has 11 heteroatoms. The Balaban J connectivity index is 1.83. The summed E-state index contributed by atoms with van der Waals surface area (Å²) in [5, 5.41) is 21.1. The van der Waals surface area contributed by atoms with Crippen LogP contribution in [0.1, 0.15) is 24.6 Å². The number of methoxy groups -OCH3 is 1. The molecular weight excluding hydrogens is 414 g/mol. The molecule has 1 N–H and O–H groups in total. The van der Waals surface area contributed by atoms with Crippen LogP contribution in [0.25, 0.3) is 10.2 Å². The number of ether oxygens (including phenoxy) is 2. The largest absolute Gasteiger partial charge is 0.504 e. The molecule has 1 saturated heterocycles. The van der Waals surface area contributed by atoms with Crippen LogP contribution < -0.4 is 9.64 Å². The zero-order valence-electron chi connectivity index (χ0n) is 15.6. The predicted molar refractivity (Wildman–Crippen MR) is 106 cm³/mol. The lowest BCUT2D eigenvalue weighted by Crippen LogP contribution is -2.34. The molecule has 10 nitrogen and oxygen atoms in total. The molecule has 0 bridgehead atoms. The number of aromatic nitrogens is 1. The van der Waals surface area contributed by atoms with E-state index in [9.17, 15) is 24.8 Å². The second kappa shape index (κ2) is 7.59. The Morgan fingerprint density at radius 3 is 2.80 bits per heavy atom. The Bertz CT molecular complexity index is 1180. The van der Waals surface area contributed by atoms with E-state index in [2.05, 4.69) is 4.98 Å². The molecule has 1 aliphatic heterocycles. The maximum Gasteiger partial charge on any atom is 0.308 e. The number of carbonyl (C=O) groups is 2. The summed E-state index contributed by atoms with van der Waals surface area (Å²) in [5.74, 6) is -0.891. The summed E-state index contributed by atoms with van der Waals surface area (Å²) in [4.78, 5) is 41.2. The lowest BCUT2D eigenvalue weighted by atomic mass is 10.1. The number of phenolic OH excluding ortho intramolecular Hbond substituents is 1. The molecular formula is C19H15N3O7S. The molecule has 1 fully saturated rings. The van der Waals surface area contributed by atoms with Gasteiger partial charge >= 0.3 is 5.97 Å². The molecule has 2 aromatic carbocycles. The monoisotopic (exact) mass is 429 g/mol. The van der Waals surface area contributed by atoms with Crippen LogP contribution in [0.2, 0.25) is 0 Å². The molecule has 1 unspecified atom stereocenters. The zero-order chi connectivity index (χ0) is 21.4. The number of amides is 1. The van der Waals surface area contributed by atoms with E-state index in [-0.39, 0.29) is 41.1 Å². The van der Waals surface area contributed by atoms with Gasteiger partial charge < -0.3 is 14.6 Å². The molecule has 1 aliphatic rings. The molecule has 3 aromatic rings. The number of rotatable bonds is 4. The van der Waals surface area contributed by atoms with Crippen molar-refractivity contribution >= 4 is 44.2 Å². The van der Waals surface area contributed by atoms with Crippen LogP contribution in [0.4, 0.5) is 10.8 Å². The Morgan fingerprint density at radius 2 is 2.07 bits per heavy atom. The lowest BCUT2D eigenvalue weighted by molar-refractivity contribution is -0.384. The van der Waals surface area contributed by atoms with Crippen LogP contribution in [-0.4, -0.2) is 34.0 Å². The fourth-order valence-corrected chi connectivity index (χ4v) is 4.12. The first kappa shape index (κ1) is 19.6. The number of nitrogens with zero attached hydrogens (tertiary/aromatic N) is 3. The number of anilines is 1. The number of hydrogen-bond donors (Lipinski definition) is 1. The van der Waals surface area contributed by atoms with Crippen molar-refractivity contribution in [2.75, 3.05) is 12.0 Å². The number of carbonyl (C=O) groups excluding carboxylic acids is 2. The van der Waals surface area contributed by atoms with E-state index in [0.717, 1.165) is 11.3 Å². The highest BCUT2D eigenvalue weighted by atomic mass is 32.1. The van der Waals surface area contributed by atoms with Crippen molar-refractivity contribution in [3.05, 3.63) is 52.1 Å². The van der Waals surface area contributed by atoms with E-state index < -0.39 is 17.1 Å². The maximum absolute atomic E-state index is 12.9. The number of fused-ring (bicyclic) bond motifs is 1. The minimum absolute atomic E-state index is 0.0688. The van der Waals surface area contributed by atoms with Gasteiger partial charge in [-0.15, -0.1) is 0 Å². The molecule has 0 spiro atoms. The van der Waals surface area contributed by atoms with Crippen molar-refractivity contribution in [1.29, 1.82) is 0 Å². The topological polar surface area (TPSA) is 132 Å². The highest BCUT2D eigenvalue weighted by molar-refractivity contribution is 7.22. The van der Waals surface area contributed by atoms with Crippen LogP contribution in [-0.2, 0) is 14.3 Å². The molecule has 154 valence electrons. The third-order valence-electron chi connectivity index (χ3n) is 4.56. The summed E-state index contributed by atoms with van der Waals surface area (Å²) in [6.45, 7) is 0. The van der Waals surface area contributed by atoms with Gasteiger partial charge in [0, 0.05) is 24.1 Å². The Labute approximate surface area is 173 Å². The Morgan fingerprint density at radius 1 is 1.27 bits per heavy atom. The van der Waals surface area contributed by atoms with Crippen LogP contribution >= 0.6 is 11.3 Å². The van der Waals surface area contributed by atoms with Gasteiger partial charge in [-0.3, -0.25) is 19.7 Å². The zero-order valence-corrected chi connectivity index (χ0v) is 16.4. The van der Waals surface area contributed by atoms with Gasteiger partial charge in [0.2, 0.25) is 12.1 Å². The molecule has 0 saturated carbocycles.